The molecule has 0 saturated carbocycles. The van der Waals surface area contributed by atoms with Gasteiger partial charge in [-0.2, -0.15) is 5.10 Å². The van der Waals surface area contributed by atoms with Crippen molar-refractivity contribution in [2.24, 2.45) is 0 Å². The highest BCUT2D eigenvalue weighted by Crippen LogP contribution is 2.36. The predicted molar refractivity (Wildman–Crippen MR) is 124 cm³/mol. The molecule has 2 unspecified atom stereocenters. The number of rotatable bonds is 5. The summed E-state index contributed by atoms with van der Waals surface area (Å²) in [6.45, 7) is 3.48. The van der Waals surface area contributed by atoms with Gasteiger partial charge in [0.05, 0.1) is 31.1 Å². The second-order valence-electron chi connectivity index (χ2n) is 8.63. The molecule has 6 rings (SSSR count). The van der Waals surface area contributed by atoms with E-state index in [-0.39, 0.29) is 6.10 Å². The van der Waals surface area contributed by atoms with Gasteiger partial charge in [0.15, 0.2) is 5.82 Å². The minimum absolute atomic E-state index is 0.131. The zero-order valence-electron chi connectivity index (χ0n) is 18.3. The summed E-state index contributed by atoms with van der Waals surface area (Å²) < 4.78 is 14.1. The lowest BCUT2D eigenvalue weighted by Gasteiger charge is -2.40. The van der Waals surface area contributed by atoms with E-state index in [0.717, 1.165) is 54.1 Å². The highest BCUT2D eigenvalue weighted by atomic mass is 16.5. The Morgan fingerprint density at radius 2 is 1.94 bits per heavy atom. The van der Waals surface area contributed by atoms with E-state index in [0.29, 0.717) is 23.7 Å². The Labute approximate surface area is 191 Å². The van der Waals surface area contributed by atoms with Gasteiger partial charge in [-0.15, -0.1) is 0 Å². The van der Waals surface area contributed by atoms with Crippen LogP contribution in [0.4, 0.5) is 11.6 Å². The van der Waals surface area contributed by atoms with Gasteiger partial charge < -0.3 is 20.1 Å². The van der Waals surface area contributed by atoms with E-state index in [2.05, 4.69) is 42.8 Å². The van der Waals surface area contributed by atoms with Crippen molar-refractivity contribution in [3.8, 4) is 16.9 Å². The molecule has 2 fully saturated rings. The molecule has 2 aliphatic heterocycles. The normalized spacial score (nSPS) is 22.3. The third-order valence-corrected chi connectivity index (χ3v) is 6.11. The second kappa shape index (κ2) is 8.42. The molecule has 0 radical (unpaired) electrons. The first-order valence-corrected chi connectivity index (χ1v) is 11.2. The number of morpholine rings is 1. The largest absolute Gasteiger partial charge is 0.488 e. The maximum atomic E-state index is 6.56. The van der Waals surface area contributed by atoms with E-state index in [4.69, 9.17) is 9.47 Å². The molecule has 4 aromatic heterocycles. The van der Waals surface area contributed by atoms with E-state index < -0.39 is 0 Å². The molecule has 2 aliphatic rings. The Bertz CT molecular complexity index is 1260. The van der Waals surface area contributed by atoms with E-state index in [1.165, 1.54) is 0 Å². The molecule has 6 heterocycles. The van der Waals surface area contributed by atoms with Crippen LogP contribution in [0.3, 0.4) is 0 Å². The third-order valence-electron chi connectivity index (χ3n) is 6.11. The smallest absolute Gasteiger partial charge is 0.154 e. The summed E-state index contributed by atoms with van der Waals surface area (Å²) in [4.78, 5) is 12.9. The number of anilines is 2. The molecule has 4 aromatic rings. The maximum absolute atomic E-state index is 6.56. The number of hydrogen-bond donors (Lipinski definition) is 2. The van der Waals surface area contributed by atoms with Crippen molar-refractivity contribution in [2.45, 2.75) is 38.0 Å². The molecule has 2 bridgehead atoms. The van der Waals surface area contributed by atoms with Crippen molar-refractivity contribution in [1.29, 1.82) is 0 Å². The van der Waals surface area contributed by atoms with Crippen molar-refractivity contribution >= 4 is 17.2 Å². The molecular formula is C24H25N7O2. The number of piperidine rings is 1. The van der Waals surface area contributed by atoms with Crippen LogP contribution >= 0.6 is 0 Å². The Kier molecular flexibility index (Phi) is 5.12. The van der Waals surface area contributed by atoms with Gasteiger partial charge in [0.25, 0.3) is 0 Å². The van der Waals surface area contributed by atoms with Crippen LogP contribution in [0.15, 0.2) is 55.2 Å². The van der Waals surface area contributed by atoms with Gasteiger partial charge >= 0.3 is 0 Å². The third kappa shape index (κ3) is 4.12. The molecule has 2 saturated heterocycles. The van der Waals surface area contributed by atoms with E-state index in [1.54, 1.807) is 18.6 Å². The zero-order chi connectivity index (χ0) is 22.2. The molecule has 0 spiro atoms. The lowest BCUT2D eigenvalue weighted by Crippen LogP contribution is -2.56. The van der Waals surface area contributed by atoms with Crippen molar-refractivity contribution in [2.75, 3.05) is 18.5 Å². The standard InChI is InChI=1S/C24H25N7O2/c1-15-7-20(22(11-27-15)33-18-8-16-13-32-14-17(9-18)28-16)19-3-2-6-31-21(19)10-23(30-31)29-24-12-25-4-5-26-24/h2-7,10-12,16-18,28H,8-9,13-14H2,1H3,(H,26,29,30). The summed E-state index contributed by atoms with van der Waals surface area (Å²) in [6, 6.07) is 8.87. The minimum atomic E-state index is 0.131. The van der Waals surface area contributed by atoms with Crippen molar-refractivity contribution in [3.63, 3.8) is 0 Å². The van der Waals surface area contributed by atoms with Gasteiger partial charge in [0, 0.05) is 66.4 Å². The lowest BCUT2D eigenvalue weighted by molar-refractivity contribution is -0.0122. The topological polar surface area (TPSA) is 98.5 Å². The van der Waals surface area contributed by atoms with Gasteiger partial charge in [-0.1, -0.05) is 6.07 Å². The molecule has 9 nitrogen and oxygen atoms in total. The number of ether oxygens (including phenoxy) is 2. The highest BCUT2D eigenvalue weighted by Gasteiger charge is 2.33. The Morgan fingerprint density at radius 1 is 1.06 bits per heavy atom. The highest BCUT2D eigenvalue weighted by molar-refractivity contribution is 5.85. The van der Waals surface area contributed by atoms with Crippen LogP contribution in [0.2, 0.25) is 0 Å². The average Bonchev–Trinajstić information content (AvgIpc) is 3.23. The predicted octanol–water partition coefficient (Wildman–Crippen LogP) is 3.14. The fourth-order valence-corrected chi connectivity index (χ4v) is 4.71. The maximum Gasteiger partial charge on any atom is 0.154 e. The summed E-state index contributed by atoms with van der Waals surface area (Å²) in [5, 5.41) is 11.5. The molecule has 0 aliphatic carbocycles. The number of hydrogen-bond acceptors (Lipinski definition) is 8. The molecule has 2 atom stereocenters. The molecule has 2 N–H and O–H groups in total. The number of nitrogens with zero attached hydrogens (tertiary/aromatic N) is 5. The Hall–Kier alpha value is -3.56. The van der Waals surface area contributed by atoms with Crippen molar-refractivity contribution in [1.82, 2.24) is 29.9 Å². The van der Waals surface area contributed by atoms with Crippen LogP contribution < -0.4 is 15.4 Å². The van der Waals surface area contributed by atoms with Crippen molar-refractivity contribution in [3.05, 3.63) is 60.9 Å². The van der Waals surface area contributed by atoms with Gasteiger partial charge in [0.1, 0.15) is 17.7 Å². The molecule has 9 heteroatoms. The van der Waals surface area contributed by atoms with Crippen LogP contribution in [0, 0.1) is 6.92 Å². The van der Waals surface area contributed by atoms with Crippen LogP contribution in [0.1, 0.15) is 18.5 Å². The fourth-order valence-electron chi connectivity index (χ4n) is 4.71. The molecule has 0 amide bonds. The van der Waals surface area contributed by atoms with Crippen LogP contribution in [0.5, 0.6) is 5.75 Å². The quantitative estimate of drug-likeness (QED) is 0.485. The molecule has 33 heavy (non-hydrogen) atoms. The van der Waals surface area contributed by atoms with Crippen molar-refractivity contribution < 1.29 is 9.47 Å². The minimum Gasteiger partial charge on any atom is -0.488 e. The first-order valence-electron chi connectivity index (χ1n) is 11.2. The Balaban J connectivity index is 1.34. The van der Waals surface area contributed by atoms with Gasteiger partial charge in [0.2, 0.25) is 0 Å². The van der Waals surface area contributed by atoms with E-state index >= 15 is 0 Å². The van der Waals surface area contributed by atoms with E-state index in [1.807, 2.05) is 36.0 Å². The summed E-state index contributed by atoms with van der Waals surface area (Å²) in [5.74, 6) is 2.14. The first-order chi connectivity index (χ1) is 16.2. The lowest BCUT2D eigenvalue weighted by atomic mass is 9.94. The average molecular weight is 444 g/mol. The summed E-state index contributed by atoms with van der Waals surface area (Å²) in [7, 11) is 0. The van der Waals surface area contributed by atoms with Gasteiger partial charge in [-0.05, 0) is 19.1 Å². The molecule has 0 aromatic carbocycles. The van der Waals surface area contributed by atoms with Crippen LogP contribution in [-0.2, 0) is 4.74 Å². The number of pyridine rings is 2. The first kappa shape index (κ1) is 20.1. The molecule has 168 valence electrons. The summed E-state index contributed by atoms with van der Waals surface area (Å²) in [5.41, 5.74) is 3.96. The summed E-state index contributed by atoms with van der Waals surface area (Å²) in [6.07, 6.45) is 10.7. The SMILES string of the molecule is Cc1cc(-c2cccn3nc(Nc4cnccn4)cc23)c(OC2CC3COCC(C2)N3)cn1. The van der Waals surface area contributed by atoms with Crippen LogP contribution in [-0.4, -0.2) is 56.0 Å². The second-order valence-corrected chi connectivity index (χ2v) is 8.63. The molecular weight excluding hydrogens is 418 g/mol. The number of aryl methyl sites for hydroxylation is 1. The van der Waals surface area contributed by atoms with Crippen LogP contribution in [0.25, 0.3) is 16.6 Å². The van der Waals surface area contributed by atoms with Gasteiger partial charge in [-0.25, -0.2) is 9.50 Å². The van der Waals surface area contributed by atoms with E-state index in [9.17, 15) is 0 Å². The number of nitrogens with one attached hydrogen (secondary N) is 2. The monoisotopic (exact) mass is 443 g/mol. The Morgan fingerprint density at radius 3 is 2.76 bits per heavy atom. The fraction of sp³-hybridized carbons (Fsp3) is 0.333. The zero-order valence-corrected chi connectivity index (χ0v) is 18.3. The number of fused-ring (bicyclic) bond motifs is 3. The number of aromatic nitrogens is 5. The summed E-state index contributed by atoms with van der Waals surface area (Å²) >= 11 is 0. The van der Waals surface area contributed by atoms with Gasteiger partial charge in [-0.3, -0.25) is 9.97 Å².